The molecule has 8 heteroatoms. The number of aryl methyl sites for hydroxylation is 1. The molecule has 0 atom stereocenters. The lowest BCUT2D eigenvalue weighted by molar-refractivity contribution is -0.143. The van der Waals surface area contributed by atoms with E-state index in [-0.39, 0.29) is 18.8 Å². The predicted molar refractivity (Wildman–Crippen MR) is 92.9 cm³/mol. The van der Waals surface area contributed by atoms with Crippen molar-refractivity contribution in [1.82, 2.24) is 20.1 Å². The lowest BCUT2D eigenvalue weighted by Crippen LogP contribution is -2.30. The minimum Gasteiger partial charge on any atom is -0.460 e. The summed E-state index contributed by atoms with van der Waals surface area (Å²) in [5, 5.41) is 8.93. The molecule has 1 N–H and O–H groups in total. The Bertz CT molecular complexity index is 873. The third-order valence-electron chi connectivity index (χ3n) is 3.32. The van der Waals surface area contributed by atoms with Gasteiger partial charge in [0.05, 0.1) is 6.20 Å². The molecule has 0 fully saturated rings. The highest BCUT2D eigenvalue weighted by Gasteiger charge is 2.14. The van der Waals surface area contributed by atoms with Gasteiger partial charge in [-0.3, -0.25) is 14.3 Å². The minimum absolute atomic E-state index is 0.178. The van der Waals surface area contributed by atoms with E-state index in [0.717, 1.165) is 11.1 Å². The van der Waals surface area contributed by atoms with E-state index in [1.165, 1.54) is 11.3 Å². The van der Waals surface area contributed by atoms with Crippen molar-refractivity contribution in [3.05, 3.63) is 59.4 Å². The quantitative estimate of drug-likeness (QED) is 0.683. The van der Waals surface area contributed by atoms with Crippen LogP contribution in [0.1, 0.15) is 16.1 Å². The fourth-order valence-corrected chi connectivity index (χ4v) is 2.85. The highest BCUT2D eigenvalue weighted by molar-refractivity contribution is 7.13. The predicted octanol–water partition coefficient (Wildman–Crippen LogP) is 2.02. The van der Waals surface area contributed by atoms with Crippen LogP contribution in [0.2, 0.25) is 0 Å². The molecule has 0 saturated heterocycles. The number of rotatable bonds is 6. The lowest BCUT2D eigenvalue weighted by atomic mass is 10.2. The number of carbonyl (C=O) groups is 2. The number of nitrogens with one attached hydrogen (secondary N) is 1. The van der Waals surface area contributed by atoms with Crippen LogP contribution < -0.4 is 5.32 Å². The Morgan fingerprint density at radius 3 is 2.80 bits per heavy atom. The molecule has 0 saturated carbocycles. The van der Waals surface area contributed by atoms with Gasteiger partial charge in [-0.15, -0.1) is 11.3 Å². The molecule has 25 heavy (non-hydrogen) atoms. The van der Waals surface area contributed by atoms with Gasteiger partial charge in [0.15, 0.2) is 0 Å². The van der Waals surface area contributed by atoms with Gasteiger partial charge in [-0.1, -0.05) is 30.3 Å². The summed E-state index contributed by atoms with van der Waals surface area (Å²) < 4.78 is 6.78. The molecular formula is C17H16N4O3S. The van der Waals surface area contributed by atoms with E-state index in [1.54, 1.807) is 16.3 Å². The van der Waals surface area contributed by atoms with Crippen LogP contribution in [0.15, 0.2) is 48.1 Å². The summed E-state index contributed by atoms with van der Waals surface area (Å²) in [5.41, 5.74) is 2.00. The molecule has 0 radical (unpaired) electrons. The molecule has 0 aliphatic heterocycles. The molecule has 0 aliphatic rings. The molecule has 1 aromatic carbocycles. The molecule has 0 unspecified atom stereocenters. The molecule has 7 nitrogen and oxygen atoms in total. The van der Waals surface area contributed by atoms with Crippen LogP contribution in [-0.2, 0) is 23.2 Å². The van der Waals surface area contributed by atoms with E-state index < -0.39 is 11.9 Å². The summed E-state index contributed by atoms with van der Waals surface area (Å²) in [6.07, 6.45) is 3.50. The fourth-order valence-electron chi connectivity index (χ4n) is 2.07. The van der Waals surface area contributed by atoms with Gasteiger partial charge >= 0.3 is 5.97 Å². The van der Waals surface area contributed by atoms with Crippen molar-refractivity contribution in [2.24, 2.45) is 7.05 Å². The number of amides is 1. The zero-order valence-corrected chi connectivity index (χ0v) is 14.3. The molecule has 128 valence electrons. The second-order valence-corrected chi connectivity index (χ2v) is 6.13. The molecule has 0 aliphatic carbocycles. The van der Waals surface area contributed by atoms with Gasteiger partial charge in [-0.25, -0.2) is 4.98 Å². The maximum absolute atomic E-state index is 12.1. The SMILES string of the molecule is Cn1cc(-c2nc(C(=O)NCC(=O)OCc3ccccc3)cs2)cn1. The van der Waals surface area contributed by atoms with E-state index in [1.807, 2.05) is 43.6 Å². The average molecular weight is 356 g/mol. The molecular weight excluding hydrogens is 340 g/mol. The van der Waals surface area contributed by atoms with Crippen molar-refractivity contribution >= 4 is 23.2 Å². The Morgan fingerprint density at radius 1 is 1.28 bits per heavy atom. The van der Waals surface area contributed by atoms with Gasteiger partial charge in [-0.2, -0.15) is 5.10 Å². The largest absolute Gasteiger partial charge is 0.460 e. The number of carbonyl (C=O) groups excluding carboxylic acids is 2. The number of nitrogens with zero attached hydrogens (tertiary/aromatic N) is 3. The zero-order chi connectivity index (χ0) is 17.6. The van der Waals surface area contributed by atoms with Gasteiger partial charge in [0.2, 0.25) is 0 Å². The normalized spacial score (nSPS) is 10.4. The van der Waals surface area contributed by atoms with E-state index >= 15 is 0 Å². The Hall–Kier alpha value is -3.00. The Morgan fingerprint density at radius 2 is 2.08 bits per heavy atom. The second-order valence-electron chi connectivity index (χ2n) is 5.27. The molecule has 3 rings (SSSR count). The van der Waals surface area contributed by atoms with Crippen LogP contribution >= 0.6 is 11.3 Å². The first-order chi connectivity index (χ1) is 12.1. The van der Waals surface area contributed by atoms with E-state index in [0.29, 0.717) is 5.01 Å². The number of aromatic nitrogens is 3. The van der Waals surface area contributed by atoms with Crippen LogP contribution in [0.4, 0.5) is 0 Å². The van der Waals surface area contributed by atoms with E-state index in [2.05, 4.69) is 15.4 Å². The Kier molecular flexibility index (Phi) is 5.20. The molecule has 0 bridgehead atoms. The number of ether oxygens (including phenoxy) is 1. The minimum atomic E-state index is -0.500. The third-order valence-corrected chi connectivity index (χ3v) is 4.22. The maximum Gasteiger partial charge on any atom is 0.325 e. The summed E-state index contributed by atoms with van der Waals surface area (Å²) in [6.45, 7) is -0.0250. The number of benzene rings is 1. The maximum atomic E-state index is 12.1. The number of hydrogen-bond acceptors (Lipinski definition) is 6. The lowest BCUT2D eigenvalue weighted by Gasteiger charge is -2.05. The first kappa shape index (κ1) is 16.8. The van der Waals surface area contributed by atoms with Gasteiger partial charge in [0, 0.05) is 24.2 Å². The fraction of sp³-hybridized carbons (Fsp3) is 0.176. The molecule has 2 aromatic heterocycles. The Balaban J connectivity index is 1.49. The summed E-state index contributed by atoms with van der Waals surface area (Å²) in [4.78, 5) is 28.1. The number of esters is 1. The summed E-state index contributed by atoms with van der Waals surface area (Å²) in [7, 11) is 1.81. The standard InChI is InChI=1S/C17H16N4O3S/c1-21-9-13(7-19-21)17-20-14(11-25-17)16(23)18-8-15(22)24-10-12-5-3-2-4-6-12/h2-7,9,11H,8,10H2,1H3,(H,18,23). The highest BCUT2D eigenvalue weighted by Crippen LogP contribution is 2.22. The topological polar surface area (TPSA) is 86.1 Å². The Labute approximate surface area is 148 Å². The van der Waals surface area contributed by atoms with Crippen molar-refractivity contribution in [1.29, 1.82) is 0 Å². The number of hydrogen-bond donors (Lipinski definition) is 1. The number of thiazole rings is 1. The van der Waals surface area contributed by atoms with Crippen LogP contribution in [0.25, 0.3) is 10.6 Å². The third kappa shape index (κ3) is 4.51. The van der Waals surface area contributed by atoms with Crippen molar-refractivity contribution in [3.63, 3.8) is 0 Å². The smallest absolute Gasteiger partial charge is 0.325 e. The van der Waals surface area contributed by atoms with Crippen molar-refractivity contribution in [2.75, 3.05) is 6.54 Å². The van der Waals surface area contributed by atoms with Gasteiger partial charge in [0.25, 0.3) is 5.91 Å². The first-order valence-electron chi connectivity index (χ1n) is 7.54. The molecule has 0 spiro atoms. The zero-order valence-electron chi connectivity index (χ0n) is 13.5. The molecule has 2 heterocycles. The first-order valence-corrected chi connectivity index (χ1v) is 8.42. The average Bonchev–Trinajstić information content (AvgIpc) is 3.27. The molecule has 3 aromatic rings. The van der Waals surface area contributed by atoms with Crippen molar-refractivity contribution in [2.45, 2.75) is 6.61 Å². The van der Waals surface area contributed by atoms with Crippen LogP contribution in [-0.4, -0.2) is 33.2 Å². The molecule has 1 amide bonds. The van der Waals surface area contributed by atoms with Gasteiger partial charge in [-0.05, 0) is 5.56 Å². The van der Waals surface area contributed by atoms with Crippen LogP contribution in [0.5, 0.6) is 0 Å². The summed E-state index contributed by atoms with van der Waals surface area (Å²) >= 11 is 1.34. The van der Waals surface area contributed by atoms with E-state index in [4.69, 9.17) is 4.74 Å². The monoisotopic (exact) mass is 356 g/mol. The van der Waals surface area contributed by atoms with Crippen LogP contribution in [0.3, 0.4) is 0 Å². The van der Waals surface area contributed by atoms with E-state index in [9.17, 15) is 9.59 Å². The van der Waals surface area contributed by atoms with Crippen molar-refractivity contribution in [3.8, 4) is 10.6 Å². The summed E-state index contributed by atoms with van der Waals surface area (Å²) in [6, 6.07) is 9.35. The van der Waals surface area contributed by atoms with Crippen molar-refractivity contribution < 1.29 is 14.3 Å². The summed E-state index contributed by atoms with van der Waals surface area (Å²) in [5.74, 6) is -0.914. The second kappa shape index (κ2) is 7.71. The van der Waals surface area contributed by atoms with Gasteiger partial charge in [0.1, 0.15) is 23.9 Å². The van der Waals surface area contributed by atoms with Gasteiger partial charge < -0.3 is 10.1 Å². The highest BCUT2D eigenvalue weighted by atomic mass is 32.1. The van der Waals surface area contributed by atoms with Crippen LogP contribution in [0, 0.1) is 0 Å².